The van der Waals surface area contributed by atoms with Gasteiger partial charge in [0.05, 0.1) is 60.7 Å². The maximum Gasteiger partial charge on any atom is 0.225 e. The number of nitrogens with one attached hydrogen (secondary N) is 2. The maximum atomic E-state index is 13.4. The summed E-state index contributed by atoms with van der Waals surface area (Å²) in [6.07, 6.45) is -0.587. The average molecular weight is 1130 g/mol. The fourth-order valence-electron chi connectivity index (χ4n) is 10.7. The lowest BCUT2D eigenvalue weighted by atomic mass is 9.93. The standard InChI is InChI=1S/2C35H39N3O4/c2*1-21-12-14-28(22(2)16-21)33(26-10-8-7-9-11-26)37-31(39)18-25-13-15-29-27(17-25)19-30(41-29)34(40-20-35(5,6)36)32-23(3)38-42-24(32)4/h2*7-17,19,33-34H,18,20,36H2,1-6H3,(H,37,39)/t33-,34+;33-,34-/m00/s1. The van der Waals surface area contributed by atoms with Crippen LogP contribution in [0.5, 0.6) is 0 Å². The molecule has 0 saturated heterocycles. The topological polar surface area (TPSA) is 207 Å². The maximum absolute atomic E-state index is 13.4. The number of aryl methyl sites for hydroxylation is 8. The van der Waals surface area contributed by atoms with Gasteiger partial charge >= 0.3 is 0 Å². The highest BCUT2D eigenvalue weighted by molar-refractivity contribution is 5.85. The van der Waals surface area contributed by atoms with Gasteiger partial charge in [-0.25, -0.2) is 0 Å². The summed E-state index contributed by atoms with van der Waals surface area (Å²) >= 11 is 0. The lowest BCUT2D eigenvalue weighted by Crippen LogP contribution is -2.38. The number of hydrogen-bond acceptors (Lipinski definition) is 12. The van der Waals surface area contributed by atoms with Crippen molar-refractivity contribution in [2.24, 2.45) is 11.5 Å². The highest BCUT2D eigenvalue weighted by Gasteiger charge is 2.31. The molecule has 0 aliphatic rings. The molecule has 0 saturated carbocycles. The minimum atomic E-state index is -0.529. The molecule has 0 spiro atoms. The van der Waals surface area contributed by atoms with E-state index in [1.54, 1.807) is 0 Å². The van der Waals surface area contributed by atoms with Crippen LogP contribution in [-0.4, -0.2) is 46.4 Å². The number of rotatable bonds is 20. The van der Waals surface area contributed by atoms with E-state index in [9.17, 15) is 9.59 Å². The van der Waals surface area contributed by atoms with Gasteiger partial charge in [0.2, 0.25) is 11.8 Å². The summed E-state index contributed by atoms with van der Waals surface area (Å²) < 4.78 is 35.9. The molecule has 0 bridgehead atoms. The molecule has 10 rings (SSSR count). The number of furan rings is 2. The summed E-state index contributed by atoms with van der Waals surface area (Å²) in [5, 5.41) is 16.6. The summed E-state index contributed by atoms with van der Waals surface area (Å²) in [5.74, 6) is 2.47. The van der Waals surface area contributed by atoms with Gasteiger partial charge in [0.25, 0.3) is 0 Å². The van der Waals surface area contributed by atoms with Gasteiger partial charge < -0.3 is 49.5 Å². The molecule has 6 aromatic carbocycles. The molecule has 0 unspecified atom stereocenters. The summed E-state index contributed by atoms with van der Waals surface area (Å²) in [6, 6.07) is 47.9. The van der Waals surface area contributed by atoms with E-state index in [1.165, 1.54) is 11.1 Å². The lowest BCUT2D eigenvalue weighted by Gasteiger charge is -2.23. The van der Waals surface area contributed by atoms with Gasteiger partial charge in [0.1, 0.15) is 46.4 Å². The Labute approximate surface area is 492 Å². The van der Waals surface area contributed by atoms with Crippen LogP contribution in [0.15, 0.2) is 163 Å². The van der Waals surface area contributed by atoms with E-state index in [-0.39, 0.29) is 36.7 Å². The van der Waals surface area contributed by atoms with Crippen LogP contribution in [0.1, 0.15) is 153 Å². The molecule has 436 valence electrons. The Kier molecular flexibility index (Phi) is 18.4. The van der Waals surface area contributed by atoms with E-state index in [4.69, 9.17) is 38.8 Å². The number of nitrogens with zero attached hydrogens (tertiary/aromatic N) is 2. The zero-order chi connectivity index (χ0) is 60.0. The Bertz CT molecular complexity index is 3600. The largest absolute Gasteiger partial charge is 0.458 e. The van der Waals surface area contributed by atoms with Crippen molar-refractivity contribution in [3.63, 3.8) is 0 Å². The summed E-state index contributed by atoms with van der Waals surface area (Å²) in [5.41, 5.74) is 26.6. The van der Waals surface area contributed by atoms with Crippen LogP contribution >= 0.6 is 0 Å². The molecule has 4 heterocycles. The van der Waals surface area contributed by atoms with Crippen LogP contribution in [0.2, 0.25) is 0 Å². The third-order valence-electron chi connectivity index (χ3n) is 14.7. The van der Waals surface area contributed by atoms with E-state index in [0.717, 1.165) is 77.8 Å². The van der Waals surface area contributed by atoms with Crippen LogP contribution in [0.4, 0.5) is 0 Å². The first kappa shape index (κ1) is 60.2. The molecule has 14 heteroatoms. The van der Waals surface area contributed by atoms with Crippen molar-refractivity contribution in [3.8, 4) is 0 Å². The molecule has 0 aliphatic heterocycles. The minimum absolute atomic E-state index is 0.0611. The fraction of sp³-hybridized carbons (Fsp3) is 0.314. The molecule has 14 nitrogen and oxygen atoms in total. The first-order valence-corrected chi connectivity index (χ1v) is 28.5. The van der Waals surface area contributed by atoms with Crippen LogP contribution < -0.4 is 22.1 Å². The normalized spacial score (nSPS) is 13.3. The number of aromatic nitrogens is 2. The van der Waals surface area contributed by atoms with E-state index in [2.05, 4.69) is 85.0 Å². The second-order valence-electron chi connectivity index (χ2n) is 23.8. The van der Waals surface area contributed by atoms with Crippen molar-refractivity contribution >= 4 is 33.8 Å². The summed E-state index contributed by atoms with van der Waals surface area (Å²) in [4.78, 5) is 26.8. The van der Waals surface area contributed by atoms with Crippen LogP contribution in [-0.2, 0) is 31.9 Å². The number of nitrogens with two attached hydrogens (primary N) is 2. The fourth-order valence-corrected chi connectivity index (χ4v) is 10.7. The van der Waals surface area contributed by atoms with E-state index < -0.39 is 23.3 Å². The molecule has 84 heavy (non-hydrogen) atoms. The highest BCUT2D eigenvalue weighted by Crippen LogP contribution is 2.38. The monoisotopic (exact) mass is 1130 g/mol. The van der Waals surface area contributed by atoms with Crippen molar-refractivity contribution in [3.05, 3.63) is 247 Å². The molecular formula is C70H78N6O8. The first-order chi connectivity index (χ1) is 40.0. The Hall–Kier alpha value is -8.40. The van der Waals surface area contributed by atoms with Gasteiger partial charge in [-0.2, -0.15) is 0 Å². The van der Waals surface area contributed by atoms with E-state index in [1.807, 2.05) is 165 Å². The third kappa shape index (κ3) is 14.9. The number of amides is 2. The molecule has 0 fully saturated rings. The van der Waals surface area contributed by atoms with Gasteiger partial charge in [-0.15, -0.1) is 0 Å². The molecule has 4 atom stereocenters. The van der Waals surface area contributed by atoms with Crippen molar-refractivity contribution in [1.29, 1.82) is 0 Å². The molecule has 4 aromatic heterocycles. The van der Waals surface area contributed by atoms with Gasteiger partial charge in [-0.3, -0.25) is 9.59 Å². The summed E-state index contributed by atoms with van der Waals surface area (Å²) in [7, 11) is 0. The number of carbonyl (C=O) groups is 2. The van der Waals surface area contributed by atoms with Crippen LogP contribution in [0.3, 0.4) is 0 Å². The predicted octanol–water partition coefficient (Wildman–Crippen LogP) is 13.9. The van der Waals surface area contributed by atoms with Gasteiger partial charge in [-0.1, -0.05) is 131 Å². The first-order valence-electron chi connectivity index (χ1n) is 28.5. The van der Waals surface area contributed by atoms with Gasteiger partial charge in [-0.05, 0) is 164 Å². The van der Waals surface area contributed by atoms with Gasteiger partial charge in [0.15, 0.2) is 0 Å². The second kappa shape index (κ2) is 25.6. The molecule has 0 radical (unpaired) electrons. The van der Waals surface area contributed by atoms with Crippen molar-refractivity contribution in [2.75, 3.05) is 13.2 Å². The van der Waals surface area contributed by atoms with Crippen molar-refractivity contribution in [1.82, 2.24) is 20.9 Å². The second-order valence-corrected chi connectivity index (χ2v) is 23.8. The van der Waals surface area contributed by atoms with Crippen LogP contribution in [0, 0.1) is 55.4 Å². The molecule has 10 aromatic rings. The summed E-state index contributed by atoms with van der Waals surface area (Å²) in [6.45, 7) is 24.1. The SMILES string of the molecule is Cc1ccc([C@@H](NC(=O)Cc2ccc3oc([C@@H](OCC(C)(C)N)c4c(C)noc4C)cc3c2)c2ccccc2)c(C)c1.Cc1ccc([C@@H](NC(=O)Cc2ccc3oc([C@H](OCC(C)(C)N)c4c(C)noc4C)cc3c2)c2ccccc2)c(C)c1. The van der Waals surface area contributed by atoms with Crippen LogP contribution in [0.25, 0.3) is 21.9 Å². The third-order valence-corrected chi connectivity index (χ3v) is 14.7. The lowest BCUT2D eigenvalue weighted by molar-refractivity contribution is -0.121. The number of ether oxygens (including phenoxy) is 2. The van der Waals surface area contributed by atoms with E-state index in [0.29, 0.717) is 47.4 Å². The van der Waals surface area contributed by atoms with Crippen molar-refractivity contribution in [2.45, 2.75) is 131 Å². The van der Waals surface area contributed by atoms with Gasteiger partial charge in [0, 0.05) is 21.9 Å². The molecule has 6 N–H and O–H groups in total. The number of hydrogen-bond donors (Lipinski definition) is 4. The number of fused-ring (bicyclic) bond motifs is 2. The zero-order valence-electron chi connectivity index (χ0n) is 50.3. The molecular weight excluding hydrogens is 1050 g/mol. The number of carbonyl (C=O) groups excluding carboxylic acids is 2. The highest BCUT2D eigenvalue weighted by atomic mass is 16.5. The Balaban J connectivity index is 0.000000202. The molecule has 0 aliphatic carbocycles. The van der Waals surface area contributed by atoms with Crippen molar-refractivity contribution < 1.29 is 36.9 Å². The van der Waals surface area contributed by atoms with E-state index >= 15 is 0 Å². The number of benzene rings is 6. The molecule has 2 amide bonds. The smallest absolute Gasteiger partial charge is 0.225 e. The predicted molar refractivity (Wildman–Crippen MR) is 329 cm³/mol. The average Bonchev–Trinajstić information content (AvgIpc) is 4.12. The zero-order valence-corrected chi connectivity index (χ0v) is 50.3. The minimum Gasteiger partial charge on any atom is -0.458 e. The Morgan fingerprint density at radius 2 is 0.881 bits per heavy atom. The Morgan fingerprint density at radius 3 is 1.21 bits per heavy atom. The Morgan fingerprint density at radius 1 is 0.500 bits per heavy atom. The quantitative estimate of drug-likeness (QED) is 0.0562.